The number of hydrogen-bond donors (Lipinski definition) is 1. The molecule has 2 aromatic rings. The van der Waals surface area contributed by atoms with Crippen LogP contribution in [0.25, 0.3) is 0 Å². The van der Waals surface area contributed by atoms with Crippen molar-refractivity contribution in [1.82, 2.24) is 0 Å². The molecule has 2 nitrogen and oxygen atoms in total. The summed E-state index contributed by atoms with van der Waals surface area (Å²) in [6.45, 7) is 2.09. The molecule has 0 saturated heterocycles. The minimum absolute atomic E-state index is 0.0566. The smallest absolute Gasteiger partial charge is 0.105 e. The summed E-state index contributed by atoms with van der Waals surface area (Å²) in [5, 5.41) is 2.08. The number of furan rings is 1. The summed E-state index contributed by atoms with van der Waals surface area (Å²) < 4.78 is 5.27. The first-order valence-corrected chi connectivity index (χ1v) is 5.47. The fourth-order valence-corrected chi connectivity index (χ4v) is 2.43. The molecule has 0 aliphatic rings. The summed E-state index contributed by atoms with van der Waals surface area (Å²) >= 11 is 1.71. The fraction of sp³-hybridized carbons (Fsp3) is 0.273. The molecule has 0 spiro atoms. The number of rotatable bonds is 3. The maximum Gasteiger partial charge on any atom is 0.105 e. The lowest BCUT2D eigenvalue weighted by molar-refractivity contribution is 0.490. The van der Waals surface area contributed by atoms with Crippen molar-refractivity contribution in [3.63, 3.8) is 0 Å². The quantitative estimate of drug-likeness (QED) is 0.840. The van der Waals surface area contributed by atoms with Crippen molar-refractivity contribution in [2.24, 2.45) is 5.73 Å². The maximum absolute atomic E-state index is 6.08. The summed E-state index contributed by atoms with van der Waals surface area (Å²) in [5.74, 6) is 0.949. The van der Waals surface area contributed by atoms with E-state index in [4.69, 9.17) is 10.2 Å². The van der Waals surface area contributed by atoms with E-state index in [1.54, 1.807) is 17.6 Å². The van der Waals surface area contributed by atoms with Crippen LogP contribution in [-0.2, 0) is 6.42 Å². The Morgan fingerprint density at radius 3 is 2.93 bits per heavy atom. The average Bonchev–Trinajstić information content (AvgIpc) is 2.75. The summed E-state index contributed by atoms with van der Waals surface area (Å²) in [7, 11) is 0. The molecule has 0 bridgehead atoms. The van der Waals surface area contributed by atoms with Gasteiger partial charge in [0.15, 0.2) is 0 Å². The van der Waals surface area contributed by atoms with Gasteiger partial charge in [-0.05, 0) is 36.1 Å². The highest BCUT2D eigenvalue weighted by Crippen LogP contribution is 2.24. The fourth-order valence-electron chi connectivity index (χ4n) is 1.50. The van der Waals surface area contributed by atoms with Crippen molar-refractivity contribution in [2.75, 3.05) is 0 Å². The Bertz CT molecular complexity index is 391. The zero-order valence-electron chi connectivity index (χ0n) is 8.07. The van der Waals surface area contributed by atoms with Crippen LogP contribution in [0.2, 0.25) is 0 Å². The molecule has 2 rings (SSSR count). The molecular formula is C11H13NOS. The van der Waals surface area contributed by atoms with E-state index in [0.29, 0.717) is 0 Å². The SMILES string of the molecule is Cc1ccsc1C(N)Cc1ccco1. The molecule has 1 unspecified atom stereocenters. The highest BCUT2D eigenvalue weighted by Gasteiger charge is 2.12. The monoisotopic (exact) mass is 207 g/mol. The molecule has 0 aliphatic heterocycles. The van der Waals surface area contributed by atoms with Crippen molar-refractivity contribution in [1.29, 1.82) is 0 Å². The van der Waals surface area contributed by atoms with Crippen LogP contribution in [0.1, 0.15) is 22.2 Å². The van der Waals surface area contributed by atoms with Crippen LogP contribution in [0.15, 0.2) is 34.3 Å². The lowest BCUT2D eigenvalue weighted by Crippen LogP contribution is -2.12. The molecule has 74 valence electrons. The van der Waals surface area contributed by atoms with Crippen LogP contribution >= 0.6 is 11.3 Å². The first-order valence-electron chi connectivity index (χ1n) is 4.59. The third-order valence-electron chi connectivity index (χ3n) is 2.24. The molecule has 14 heavy (non-hydrogen) atoms. The van der Waals surface area contributed by atoms with Crippen molar-refractivity contribution in [3.05, 3.63) is 46.0 Å². The molecule has 2 N–H and O–H groups in total. The highest BCUT2D eigenvalue weighted by molar-refractivity contribution is 7.10. The predicted octanol–water partition coefficient (Wildman–Crippen LogP) is 2.89. The standard InChI is InChI=1S/C11H13NOS/c1-8-4-6-14-11(8)10(12)7-9-3-2-5-13-9/h2-6,10H,7,12H2,1H3. The van der Waals surface area contributed by atoms with Gasteiger partial charge in [-0.3, -0.25) is 0 Å². The highest BCUT2D eigenvalue weighted by atomic mass is 32.1. The second kappa shape index (κ2) is 3.98. The van der Waals surface area contributed by atoms with Gasteiger partial charge in [-0.1, -0.05) is 0 Å². The van der Waals surface area contributed by atoms with Crippen LogP contribution in [0, 0.1) is 6.92 Å². The third kappa shape index (κ3) is 1.89. The molecule has 3 heteroatoms. The predicted molar refractivity (Wildman–Crippen MR) is 58.4 cm³/mol. The van der Waals surface area contributed by atoms with Crippen molar-refractivity contribution < 1.29 is 4.42 Å². The van der Waals surface area contributed by atoms with Crippen molar-refractivity contribution in [2.45, 2.75) is 19.4 Å². The van der Waals surface area contributed by atoms with Gasteiger partial charge >= 0.3 is 0 Å². The van der Waals surface area contributed by atoms with Gasteiger partial charge in [-0.15, -0.1) is 11.3 Å². The van der Waals surface area contributed by atoms with Gasteiger partial charge in [0.2, 0.25) is 0 Å². The van der Waals surface area contributed by atoms with Crippen molar-refractivity contribution >= 4 is 11.3 Å². The van der Waals surface area contributed by atoms with Crippen LogP contribution in [0.5, 0.6) is 0 Å². The topological polar surface area (TPSA) is 39.2 Å². The Morgan fingerprint density at radius 1 is 1.50 bits per heavy atom. The molecule has 0 aliphatic carbocycles. The Morgan fingerprint density at radius 2 is 2.36 bits per heavy atom. The number of nitrogens with two attached hydrogens (primary N) is 1. The average molecular weight is 207 g/mol. The molecular weight excluding hydrogens is 194 g/mol. The number of hydrogen-bond acceptors (Lipinski definition) is 3. The van der Waals surface area contributed by atoms with Crippen LogP contribution in [0.3, 0.4) is 0 Å². The van der Waals surface area contributed by atoms with Gasteiger partial charge in [-0.25, -0.2) is 0 Å². The lowest BCUT2D eigenvalue weighted by atomic mass is 10.1. The van der Waals surface area contributed by atoms with Crippen LogP contribution in [0.4, 0.5) is 0 Å². The lowest BCUT2D eigenvalue weighted by Gasteiger charge is -2.08. The third-order valence-corrected chi connectivity index (χ3v) is 3.39. The van der Waals surface area contributed by atoms with Gasteiger partial charge in [0.25, 0.3) is 0 Å². The van der Waals surface area contributed by atoms with E-state index in [0.717, 1.165) is 12.2 Å². The Kier molecular flexibility index (Phi) is 2.70. The first kappa shape index (κ1) is 9.49. The van der Waals surface area contributed by atoms with Crippen LogP contribution in [-0.4, -0.2) is 0 Å². The van der Waals surface area contributed by atoms with E-state index in [2.05, 4.69) is 18.4 Å². The first-order chi connectivity index (χ1) is 6.77. The van der Waals surface area contributed by atoms with E-state index < -0.39 is 0 Å². The normalized spacial score (nSPS) is 13.0. The second-order valence-corrected chi connectivity index (χ2v) is 4.31. The molecule has 0 amide bonds. The molecule has 0 radical (unpaired) electrons. The van der Waals surface area contributed by atoms with E-state index in [9.17, 15) is 0 Å². The summed E-state index contributed by atoms with van der Waals surface area (Å²) in [6, 6.07) is 6.01. The maximum atomic E-state index is 6.08. The van der Waals surface area contributed by atoms with Gasteiger partial charge in [-0.2, -0.15) is 0 Å². The minimum Gasteiger partial charge on any atom is -0.469 e. The van der Waals surface area contributed by atoms with Gasteiger partial charge in [0, 0.05) is 17.3 Å². The van der Waals surface area contributed by atoms with Crippen LogP contribution < -0.4 is 5.73 Å². The molecule has 0 fully saturated rings. The Balaban J connectivity index is 2.10. The van der Waals surface area contributed by atoms with E-state index >= 15 is 0 Å². The molecule has 2 heterocycles. The van der Waals surface area contributed by atoms with Gasteiger partial charge in [0.1, 0.15) is 5.76 Å². The summed E-state index contributed by atoms with van der Waals surface area (Å²) in [4.78, 5) is 1.25. The van der Waals surface area contributed by atoms with E-state index in [-0.39, 0.29) is 6.04 Å². The van der Waals surface area contributed by atoms with Crippen molar-refractivity contribution in [3.8, 4) is 0 Å². The Hall–Kier alpha value is -1.06. The zero-order valence-corrected chi connectivity index (χ0v) is 8.88. The number of aryl methyl sites for hydroxylation is 1. The number of thiophene rings is 1. The molecule has 0 saturated carbocycles. The second-order valence-electron chi connectivity index (χ2n) is 3.36. The van der Waals surface area contributed by atoms with E-state index in [1.807, 2.05) is 12.1 Å². The molecule has 0 aromatic carbocycles. The minimum atomic E-state index is 0.0566. The zero-order chi connectivity index (χ0) is 9.97. The molecule has 2 aromatic heterocycles. The Labute approximate surface area is 87.4 Å². The largest absolute Gasteiger partial charge is 0.469 e. The van der Waals surface area contributed by atoms with Gasteiger partial charge in [0.05, 0.1) is 6.26 Å². The van der Waals surface area contributed by atoms with E-state index in [1.165, 1.54) is 10.4 Å². The molecule has 1 atom stereocenters. The summed E-state index contributed by atoms with van der Waals surface area (Å²) in [6.07, 6.45) is 2.46. The summed E-state index contributed by atoms with van der Waals surface area (Å²) in [5.41, 5.74) is 7.35. The van der Waals surface area contributed by atoms with Gasteiger partial charge < -0.3 is 10.2 Å².